The van der Waals surface area contributed by atoms with E-state index in [9.17, 15) is 9.59 Å². The first kappa shape index (κ1) is 14.7. The molecule has 0 atom stereocenters. The zero-order valence-corrected chi connectivity index (χ0v) is 10.1. The van der Waals surface area contributed by atoms with E-state index in [0.717, 1.165) is 12.8 Å². The summed E-state index contributed by atoms with van der Waals surface area (Å²) < 4.78 is 4.65. The van der Waals surface area contributed by atoms with Gasteiger partial charge in [0.2, 0.25) is 0 Å². The van der Waals surface area contributed by atoms with Crippen molar-refractivity contribution in [2.75, 3.05) is 7.11 Å². The average Bonchev–Trinajstić information content (AvgIpc) is 2.30. The first-order valence-corrected chi connectivity index (χ1v) is 5.58. The summed E-state index contributed by atoms with van der Waals surface area (Å²) >= 11 is 0. The van der Waals surface area contributed by atoms with Crippen LogP contribution in [0.25, 0.3) is 0 Å². The molecule has 0 bridgehead atoms. The van der Waals surface area contributed by atoms with Crippen molar-refractivity contribution in [1.29, 1.82) is 0 Å². The highest BCUT2D eigenvalue weighted by Gasteiger charge is 2.20. The number of carbonyl (C=O) groups excluding carboxylic acids is 2. The van der Waals surface area contributed by atoms with Crippen molar-refractivity contribution in [1.82, 2.24) is 0 Å². The molecular weight excluding hydrogens is 206 g/mol. The van der Waals surface area contributed by atoms with Crippen molar-refractivity contribution >= 4 is 11.8 Å². The first-order valence-electron chi connectivity index (χ1n) is 5.58. The van der Waals surface area contributed by atoms with Crippen LogP contribution < -0.4 is 5.73 Å². The Balaban J connectivity index is 0.000000325. The van der Waals surface area contributed by atoms with Crippen LogP contribution in [0.5, 0.6) is 0 Å². The highest BCUT2D eigenvalue weighted by Crippen LogP contribution is 2.24. The van der Waals surface area contributed by atoms with Gasteiger partial charge in [-0.2, -0.15) is 0 Å². The lowest BCUT2D eigenvalue weighted by Crippen LogP contribution is -2.18. The van der Waals surface area contributed by atoms with E-state index in [-0.39, 0.29) is 17.7 Å². The molecule has 0 radical (unpaired) electrons. The quantitative estimate of drug-likeness (QED) is 0.576. The molecule has 1 saturated carbocycles. The Hall–Kier alpha value is -1.32. The summed E-state index contributed by atoms with van der Waals surface area (Å²) in [6, 6.07) is 0. The summed E-state index contributed by atoms with van der Waals surface area (Å²) in [5.41, 5.74) is 4.83. The Morgan fingerprint density at radius 3 is 2.12 bits per heavy atom. The van der Waals surface area contributed by atoms with Gasteiger partial charge in [0.1, 0.15) is 0 Å². The molecule has 92 valence electrons. The summed E-state index contributed by atoms with van der Waals surface area (Å²) in [6.07, 6.45) is 8.27. The number of rotatable bonds is 2. The van der Waals surface area contributed by atoms with Gasteiger partial charge < -0.3 is 10.5 Å². The topological polar surface area (TPSA) is 69.4 Å². The maximum atomic E-state index is 10.9. The number of ketones is 1. The number of methoxy groups -OCH3 is 1. The van der Waals surface area contributed by atoms with Gasteiger partial charge in [0.15, 0.2) is 5.78 Å². The Morgan fingerprint density at radius 1 is 1.25 bits per heavy atom. The molecule has 0 aromatic rings. The second-order valence-electron chi connectivity index (χ2n) is 3.83. The zero-order chi connectivity index (χ0) is 12.4. The molecule has 0 saturated heterocycles. The summed E-state index contributed by atoms with van der Waals surface area (Å²) in [5, 5.41) is 0. The van der Waals surface area contributed by atoms with Crippen LogP contribution in [0.2, 0.25) is 0 Å². The smallest absolute Gasteiger partial charge is 0.308 e. The molecule has 0 amide bonds. The molecule has 0 heterocycles. The van der Waals surface area contributed by atoms with Gasteiger partial charge in [0, 0.05) is 0 Å². The van der Waals surface area contributed by atoms with Crippen LogP contribution in [0.15, 0.2) is 12.3 Å². The Morgan fingerprint density at radius 2 is 1.81 bits per heavy atom. The number of nitrogens with two attached hydrogens (primary N) is 1. The van der Waals surface area contributed by atoms with Gasteiger partial charge >= 0.3 is 5.97 Å². The minimum Gasteiger partial charge on any atom is -0.469 e. The van der Waals surface area contributed by atoms with Crippen LogP contribution in [-0.4, -0.2) is 18.9 Å². The number of allylic oxidation sites excluding steroid dienone is 1. The standard InChI is InChI=1S/C8H14O2.C4H7NO/c1-10-8(9)7-5-3-2-4-6-7;1-4(6)2-3-5/h7H,2-6H2,1H3;2-3H,5H2,1H3/b;3-2-. The molecule has 4 nitrogen and oxygen atoms in total. The van der Waals surface area contributed by atoms with Gasteiger partial charge in [-0.1, -0.05) is 19.3 Å². The Labute approximate surface area is 96.8 Å². The summed E-state index contributed by atoms with van der Waals surface area (Å²) in [6.45, 7) is 1.45. The maximum absolute atomic E-state index is 10.9. The van der Waals surface area contributed by atoms with Crippen LogP contribution in [0, 0.1) is 5.92 Å². The van der Waals surface area contributed by atoms with Crippen molar-refractivity contribution in [3.05, 3.63) is 12.3 Å². The molecule has 16 heavy (non-hydrogen) atoms. The fourth-order valence-electron chi connectivity index (χ4n) is 1.64. The lowest BCUT2D eigenvalue weighted by atomic mass is 9.89. The van der Waals surface area contributed by atoms with Gasteiger partial charge in [-0.3, -0.25) is 9.59 Å². The van der Waals surface area contributed by atoms with E-state index >= 15 is 0 Å². The SMILES string of the molecule is CC(=O)/C=C\N.COC(=O)C1CCCCC1. The first-order chi connectivity index (χ1) is 7.61. The molecule has 0 aromatic heterocycles. The lowest BCUT2D eigenvalue weighted by Gasteiger charge is -2.18. The predicted molar refractivity (Wildman–Crippen MR) is 62.6 cm³/mol. The van der Waals surface area contributed by atoms with Crippen molar-refractivity contribution in [2.45, 2.75) is 39.0 Å². The molecule has 1 aliphatic carbocycles. The number of carbonyl (C=O) groups is 2. The van der Waals surface area contributed by atoms with Crippen molar-refractivity contribution in [3.63, 3.8) is 0 Å². The van der Waals surface area contributed by atoms with Crippen LogP contribution in [0.4, 0.5) is 0 Å². The fraction of sp³-hybridized carbons (Fsp3) is 0.667. The van der Waals surface area contributed by atoms with E-state index < -0.39 is 0 Å². The second-order valence-corrected chi connectivity index (χ2v) is 3.83. The van der Waals surface area contributed by atoms with Crippen LogP contribution >= 0.6 is 0 Å². The molecule has 1 fully saturated rings. The Bertz CT molecular complexity index is 243. The molecule has 2 N–H and O–H groups in total. The largest absolute Gasteiger partial charge is 0.469 e. The average molecular weight is 227 g/mol. The molecule has 0 unspecified atom stereocenters. The molecule has 0 aliphatic heterocycles. The molecule has 0 aromatic carbocycles. The van der Waals surface area contributed by atoms with Crippen molar-refractivity contribution in [2.24, 2.45) is 11.7 Å². The van der Waals surface area contributed by atoms with E-state index in [0.29, 0.717) is 0 Å². The monoisotopic (exact) mass is 227 g/mol. The number of hydrogen-bond donors (Lipinski definition) is 1. The normalized spacial score (nSPS) is 16.4. The third-order valence-corrected chi connectivity index (χ3v) is 2.47. The van der Waals surface area contributed by atoms with Crippen LogP contribution in [0.1, 0.15) is 39.0 Å². The Kier molecular flexibility index (Phi) is 8.21. The minimum absolute atomic E-state index is 0.0142. The second kappa shape index (κ2) is 8.95. The van der Waals surface area contributed by atoms with E-state index in [4.69, 9.17) is 5.73 Å². The number of ether oxygens (including phenoxy) is 1. The molecule has 4 heteroatoms. The molecule has 1 rings (SSSR count). The van der Waals surface area contributed by atoms with Gasteiger partial charge in [-0.05, 0) is 32.0 Å². The van der Waals surface area contributed by atoms with E-state index in [1.54, 1.807) is 0 Å². The zero-order valence-electron chi connectivity index (χ0n) is 10.1. The van der Waals surface area contributed by atoms with Crippen molar-refractivity contribution in [3.8, 4) is 0 Å². The third kappa shape index (κ3) is 7.04. The number of hydrogen-bond acceptors (Lipinski definition) is 4. The van der Waals surface area contributed by atoms with Gasteiger partial charge in [0.05, 0.1) is 13.0 Å². The van der Waals surface area contributed by atoms with Gasteiger partial charge in [0.25, 0.3) is 0 Å². The van der Waals surface area contributed by atoms with Crippen LogP contribution in [-0.2, 0) is 14.3 Å². The summed E-state index contributed by atoms with van der Waals surface area (Å²) in [4.78, 5) is 20.8. The van der Waals surface area contributed by atoms with E-state index in [1.807, 2.05) is 0 Å². The minimum atomic E-state index is -0.0162. The highest BCUT2D eigenvalue weighted by molar-refractivity contribution is 5.86. The van der Waals surface area contributed by atoms with Crippen LogP contribution in [0.3, 0.4) is 0 Å². The van der Waals surface area contributed by atoms with Gasteiger partial charge in [-0.25, -0.2) is 0 Å². The third-order valence-electron chi connectivity index (χ3n) is 2.47. The van der Waals surface area contributed by atoms with Gasteiger partial charge in [-0.15, -0.1) is 0 Å². The number of esters is 1. The van der Waals surface area contributed by atoms with Crippen molar-refractivity contribution < 1.29 is 14.3 Å². The maximum Gasteiger partial charge on any atom is 0.308 e. The van der Waals surface area contributed by atoms with E-state index in [1.165, 1.54) is 45.6 Å². The fourth-order valence-corrected chi connectivity index (χ4v) is 1.64. The lowest BCUT2D eigenvalue weighted by molar-refractivity contribution is -0.146. The molecular formula is C12H21NO3. The summed E-state index contributed by atoms with van der Waals surface area (Å²) in [5.74, 6) is 0.177. The molecule has 1 aliphatic rings. The molecule has 0 spiro atoms. The summed E-state index contributed by atoms with van der Waals surface area (Å²) in [7, 11) is 1.47. The highest BCUT2D eigenvalue weighted by atomic mass is 16.5. The predicted octanol–water partition coefficient (Wildman–Crippen LogP) is 1.79. The van der Waals surface area contributed by atoms with E-state index in [2.05, 4.69) is 4.74 Å².